The van der Waals surface area contributed by atoms with Crippen LogP contribution in [-0.2, 0) is 17.8 Å². The van der Waals surface area contributed by atoms with Gasteiger partial charge in [-0.2, -0.15) is 0 Å². The Balaban J connectivity index is 1.85. The first-order valence-electron chi connectivity index (χ1n) is 6.31. The van der Waals surface area contributed by atoms with E-state index >= 15 is 0 Å². The molecule has 0 radical (unpaired) electrons. The first-order chi connectivity index (χ1) is 9.69. The fraction of sp³-hybridized carbons (Fsp3) is 0.188. The monoisotopic (exact) mass is 273 g/mol. The van der Waals surface area contributed by atoms with Crippen LogP contribution in [0, 0.1) is 5.82 Å². The van der Waals surface area contributed by atoms with E-state index in [0.29, 0.717) is 18.7 Å². The summed E-state index contributed by atoms with van der Waals surface area (Å²) in [6.45, 7) is 1.35. The summed E-state index contributed by atoms with van der Waals surface area (Å²) in [4.78, 5) is 11.3. The summed E-state index contributed by atoms with van der Waals surface area (Å²) in [6, 6.07) is 13.6. The Kier molecular flexibility index (Phi) is 4.85. The summed E-state index contributed by atoms with van der Waals surface area (Å²) in [5.74, 6) is -0.567. The standard InChI is InChI=1S/C16H16FNO2/c1-20-16(19)14-6-2-12(3-7-14)10-18-11-13-4-8-15(17)9-5-13/h2-9,18H,10-11H2,1H3. The molecule has 20 heavy (non-hydrogen) atoms. The Morgan fingerprint density at radius 3 is 2.00 bits per heavy atom. The van der Waals surface area contributed by atoms with Gasteiger partial charge in [0.1, 0.15) is 5.82 Å². The van der Waals surface area contributed by atoms with Crippen LogP contribution in [0.4, 0.5) is 4.39 Å². The van der Waals surface area contributed by atoms with E-state index in [9.17, 15) is 9.18 Å². The molecule has 1 N–H and O–H groups in total. The highest BCUT2D eigenvalue weighted by atomic mass is 19.1. The lowest BCUT2D eigenvalue weighted by Crippen LogP contribution is -2.12. The highest BCUT2D eigenvalue weighted by Crippen LogP contribution is 2.07. The Labute approximate surface area is 117 Å². The van der Waals surface area contributed by atoms with Crippen LogP contribution in [-0.4, -0.2) is 13.1 Å². The van der Waals surface area contributed by atoms with Crippen molar-refractivity contribution in [2.75, 3.05) is 7.11 Å². The molecular weight excluding hydrogens is 257 g/mol. The van der Waals surface area contributed by atoms with Gasteiger partial charge in [0.25, 0.3) is 0 Å². The lowest BCUT2D eigenvalue weighted by molar-refractivity contribution is 0.0600. The molecule has 0 saturated carbocycles. The molecule has 0 aliphatic carbocycles. The molecule has 2 rings (SSSR count). The number of nitrogens with one attached hydrogen (secondary N) is 1. The zero-order chi connectivity index (χ0) is 14.4. The third-order valence-corrected chi connectivity index (χ3v) is 2.95. The van der Waals surface area contributed by atoms with E-state index < -0.39 is 0 Å². The molecule has 0 amide bonds. The van der Waals surface area contributed by atoms with Gasteiger partial charge in [0.05, 0.1) is 12.7 Å². The predicted octanol–water partition coefficient (Wildman–Crippen LogP) is 2.90. The minimum Gasteiger partial charge on any atom is -0.465 e. The molecule has 0 bridgehead atoms. The van der Waals surface area contributed by atoms with Crippen LogP contribution in [0.5, 0.6) is 0 Å². The van der Waals surface area contributed by atoms with Crippen LogP contribution in [0.2, 0.25) is 0 Å². The fourth-order valence-corrected chi connectivity index (χ4v) is 1.83. The molecule has 0 aliphatic heterocycles. The molecule has 0 spiro atoms. The zero-order valence-corrected chi connectivity index (χ0v) is 11.2. The van der Waals surface area contributed by atoms with Gasteiger partial charge in [0.2, 0.25) is 0 Å². The molecule has 0 atom stereocenters. The number of ether oxygens (including phenoxy) is 1. The van der Waals surface area contributed by atoms with E-state index in [4.69, 9.17) is 0 Å². The highest BCUT2D eigenvalue weighted by Gasteiger charge is 2.04. The van der Waals surface area contributed by atoms with Gasteiger partial charge in [-0.05, 0) is 35.4 Å². The number of hydrogen-bond acceptors (Lipinski definition) is 3. The van der Waals surface area contributed by atoms with Gasteiger partial charge >= 0.3 is 5.97 Å². The van der Waals surface area contributed by atoms with Crippen LogP contribution >= 0.6 is 0 Å². The maximum atomic E-state index is 12.7. The van der Waals surface area contributed by atoms with Crippen molar-refractivity contribution in [2.24, 2.45) is 0 Å². The number of benzene rings is 2. The summed E-state index contributed by atoms with van der Waals surface area (Å²) >= 11 is 0. The van der Waals surface area contributed by atoms with Gasteiger partial charge < -0.3 is 10.1 Å². The number of rotatable bonds is 5. The van der Waals surface area contributed by atoms with E-state index in [2.05, 4.69) is 10.1 Å². The van der Waals surface area contributed by atoms with Crippen LogP contribution in [0.15, 0.2) is 48.5 Å². The van der Waals surface area contributed by atoms with E-state index in [1.54, 1.807) is 24.3 Å². The lowest BCUT2D eigenvalue weighted by atomic mass is 10.1. The number of carbonyl (C=O) groups is 1. The largest absolute Gasteiger partial charge is 0.465 e. The zero-order valence-electron chi connectivity index (χ0n) is 11.2. The maximum Gasteiger partial charge on any atom is 0.337 e. The number of esters is 1. The first-order valence-corrected chi connectivity index (χ1v) is 6.31. The van der Waals surface area contributed by atoms with Crippen LogP contribution < -0.4 is 5.32 Å². The Hall–Kier alpha value is -2.20. The average molecular weight is 273 g/mol. The lowest BCUT2D eigenvalue weighted by Gasteiger charge is -2.06. The summed E-state index contributed by atoms with van der Waals surface area (Å²) in [6.07, 6.45) is 0. The van der Waals surface area contributed by atoms with E-state index in [0.717, 1.165) is 11.1 Å². The molecule has 0 unspecified atom stereocenters. The van der Waals surface area contributed by atoms with Crippen molar-refractivity contribution in [3.63, 3.8) is 0 Å². The summed E-state index contributed by atoms with van der Waals surface area (Å²) < 4.78 is 17.4. The summed E-state index contributed by atoms with van der Waals surface area (Å²) in [5.41, 5.74) is 2.63. The Morgan fingerprint density at radius 1 is 1.00 bits per heavy atom. The topological polar surface area (TPSA) is 38.3 Å². The highest BCUT2D eigenvalue weighted by molar-refractivity contribution is 5.89. The van der Waals surface area contributed by atoms with Crippen molar-refractivity contribution in [2.45, 2.75) is 13.1 Å². The van der Waals surface area contributed by atoms with Crippen LogP contribution in [0.25, 0.3) is 0 Å². The third kappa shape index (κ3) is 3.90. The van der Waals surface area contributed by atoms with Crippen LogP contribution in [0.1, 0.15) is 21.5 Å². The molecule has 0 aliphatic rings. The molecule has 0 aromatic heterocycles. The third-order valence-electron chi connectivity index (χ3n) is 2.95. The Morgan fingerprint density at radius 2 is 1.50 bits per heavy atom. The molecular formula is C16H16FNO2. The van der Waals surface area contributed by atoms with E-state index in [-0.39, 0.29) is 11.8 Å². The quantitative estimate of drug-likeness (QED) is 0.851. The SMILES string of the molecule is COC(=O)c1ccc(CNCc2ccc(F)cc2)cc1. The molecule has 0 saturated heterocycles. The van der Waals surface area contributed by atoms with Gasteiger partial charge in [-0.1, -0.05) is 24.3 Å². The molecule has 0 heterocycles. The van der Waals surface area contributed by atoms with Crippen molar-refractivity contribution >= 4 is 5.97 Å². The van der Waals surface area contributed by atoms with Gasteiger partial charge in [-0.3, -0.25) is 0 Å². The fourth-order valence-electron chi connectivity index (χ4n) is 1.83. The van der Waals surface area contributed by atoms with E-state index in [1.807, 2.05) is 12.1 Å². The number of carbonyl (C=O) groups excluding carboxylic acids is 1. The van der Waals surface area contributed by atoms with Gasteiger partial charge in [0.15, 0.2) is 0 Å². The van der Waals surface area contributed by atoms with Gasteiger partial charge in [-0.15, -0.1) is 0 Å². The first kappa shape index (κ1) is 14.2. The van der Waals surface area contributed by atoms with Crippen molar-refractivity contribution in [3.05, 3.63) is 71.0 Å². The molecule has 0 fully saturated rings. The maximum absolute atomic E-state index is 12.7. The van der Waals surface area contributed by atoms with Crippen molar-refractivity contribution in [3.8, 4) is 0 Å². The molecule has 2 aromatic rings. The normalized spacial score (nSPS) is 10.3. The number of methoxy groups -OCH3 is 1. The number of hydrogen-bond donors (Lipinski definition) is 1. The molecule has 3 nitrogen and oxygen atoms in total. The second-order valence-electron chi connectivity index (χ2n) is 4.42. The smallest absolute Gasteiger partial charge is 0.337 e. The van der Waals surface area contributed by atoms with Crippen molar-refractivity contribution in [1.29, 1.82) is 0 Å². The molecule has 4 heteroatoms. The number of halogens is 1. The average Bonchev–Trinajstić information content (AvgIpc) is 2.49. The summed E-state index contributed by atoms with van der Waals surface area (Å²) in [5, 5.41) is 3.26. The summed E-state index contributed by atoms with van der Waals surface area (Å²) in [7, 11) is 1.36. The van der Waals surface area contributed by atoms with Crippen molar-refractivity contribution in [1.82, 2.24) is 5.32 Å². The molecule has 2 aromatic carbocycles. The minimum absolute atomic E-state index is 0.229. The van der Waals surface area contributed by atoms with E-state index in [1.165, 1.54) is 19.2 Å². The van der Waals surface area contributed by atoms with Crippen molar-refractivity contribution < 1.29 is 13.9 Å². The molecule has 104 valence electrons. The van der Waals surface area contributed by atoms with Gasteiger partial charge in [-0.25, -0.2) is 9.18 Å². The minimum atomic E-state index is -0.337. The predicted molar refractivity (Wildman–Crippen MR) is 74.7 cm³/mol. The van der Waals surface area contributed by atoms with Crippen LogP contribution in [0.3, 0.4) is 0 Å². The van der Waals surface area contributed by atoms with Gasteiger partial charge in [0, 0.05) is 13.1 Å². The second kappa shape index (κ2) is 6.82. The Bertz CT molecular complexity index is 564. The second-order valence-corrected chi connectivity index (χ2v) is 4.42.